The molecule has 1 heterocycles. The van der Waals surface area contributed by atoms with Gasteiger partial charge in [-0.25, -0.2) is 0 Å². The molecule has 1 amide bonds. The van der Waals surface area contributed by atoms with Crippen LogP contribution in [0.1, 0.15) is 85.5 Å². The first-order valence-corrected chi connectivity index (χ1v) is 12.2. The van der Waals surface area contributed by atoms with Gasteiger partial charge < -0.3 is 10.4 Å². The number of nitrogens with zero attached hydrogens (tertiary/aromatic N) is 1. The Balaban J connectivity index is 1.70. The normalized spacial score (nSPS) is 26.8. The predicted molar refractivity (Wildman–Crippen MR) is 126 cm³/mol. The lowest BCUT2D eigenvalue weighted by Crippen LogP contribution is -2.49. The number of halogens is 3. The van der Waals surface area contributed by atoms with Crippen molar-refractivity contribution in [2.45, 2.75) is 88.8 Å². The van der Waals surface area contributed by atoms with Crippen molar-refractivity contribution < 1.29 is 23.1 Å². The van der Waals surface area contributed by atoms with Gasteiger partial charge in [0.25, 0.3) is 5.91 Å². The van der Waals surface area contributed by atoms with Crippen molar-refractivity contribution in [1.29, 1.82) is 0 Å². The second-order valence-electron chi connectivity index (χ2n) is 10.2. The van der Waals surface area contributed by atoms with Gasteiger partial charge in [0.15, 0.2) is 0 Å². The van der Waals surface area contributed by atoms with Crippen LogP contribution in [0, 0.1) is 12.8 Å². The summed E-state index contributed by atoms with van der Waals surface area (Å²) in [6.07, 6.45) is 0.968. The molecule has 2 N–H and O–H groups in total. The minimum Gasteiger partial charge on any atom is -0.390 e. The highest BCUT2D eigenvalue weighted by atomic mass is 19.4. The van der Waals surface area contributed by atoms with Gasteiger partial charge >= 0.3 is 6.18 Å². The Kier molecular flexibility index (Phi) is 6.78. The lowest BCUT2D eigenvalue weighted by Gasteiger charge is -2.50. The molecule has 0 spiro atoms. The zero-order chi connectivity index (χ0) is 24.6. The van der Waals surface area contributed by atoms with Gasteiger partial charge in [0.2, 0.25) is 0 Å². The Hall–Kier alpha value is -2.41. The number of alkyl halides is 3. The van der Waals surface area contributed by atoms with Gasteiger partial charge in [-0.15, -0.1) is 0 Å². The van der Waals surface area contributed by atoms with Crippen molar-refractivity contribution in [2.24, 2.45) is 5.92 Å². The van der Waals surface area contributed by atoms with Crippen LogP contribution in [0.5, 0.6) is 0 Å². The molecule has 34 heavy (non-hydrogen) atoms. The average molecular weight is 475 g/mol. The van der Waals surface area contributed by atoms with Crippen molar-refractivity contribution >= 4 is 11.6 Å². The van der Waals surface area contributed by atoms with E-state index in [2.05, 4.69) is 10.3 Å². The van der Waals surface area contributed by atoms with Crippen LogP contribution >= 0.6 is 0 Å². The number of amides is 1. The molecule has 4 nitrogen and oxygen atoms in total. The van der Waals surface area contributed by atoms with Gasteiger partial charge in [-0.1, -0.05) is 19.4 Å². The standard InChI is InChI=1S/C27H33F3N2O2/c1-3-11-25(34)12-13-26(17-27(28,29)30)21(16-25)7-4-6-19-15-20(9-10-22(19)26)24(33)32-23-8-5-14-31-18(23)2/h5,8-10,14-15,21,34H,3-4,6-7,11-13,16-17H2,1-2H3,(H,32,33)/t21-,25+,26-/m1/s1. The van der Waals surface area contributed by atoms with E-state index in [1.165, 1.54) is 0 Å². The number of aliphatic hydroxyl groups is 1. The van der Waals surface area contributed by atoms with E-state index < -0.39 is 23.6 Å². The van der Waals surface area contributed by atoms with Gasteiger partial charge in [0, 0.05) is 17.2 Å². The van der Waals surface area contributed by atoms with Gasteiger partial charge in [-0.2, -0.15) is 13.2 Å². The van der Waals surface area contributed by atoms with E-state index >= 15 is 0 Å². The number of hydrogen-bond acceptors (Lipinski definition) is 3. The van der Waals surface area contributed by atoms with Gasteiger partial charge in [-0.05, 0) is 93.2 Å². The quantitative estimate of drug-likeness (QED) is 0.520. The van der Waals surface area contributed by atoms with E-state index in [0.29, 0.717) is 61.0 Å². The molecule has 3 atom stereocenters. The van der Waals surface area contributed by atoms with Gasteiger partial charge in [-0.3, -0.25) is 9.78 Å². The van der Waals surface area contributed by atoms with Crippen LogP contribution in [0.15, 0.2) is 36.5 Å². The Morgan fingerprint density at radius 2 is 2.06 bits per heavy atom. The van der Waals surface area contributed by atoms with E-state index in [4.69, 9.17) is 0 Å². The average Bonchev–Trinajstić information content (AvgIpc) is 2.90. The minimum absolute atomic E-state index is 0.238. The number of carbonyl (C=O) groups is 1. The third-order valence-corrected chi connectivity index (χ3v) is 7.83. The highest BCUT2D eigenvalue weighted by Gasteiger charge is 2.54. The van der Waals surface area contributed by atoms with E-state index in [9.17, 15) is 23.1 Å². The summed E-state index contributed by atoms with van der Waals surface area (Å²) in [7, 11) is 0. The fourth-order valence-electron chi connectivity index (χ4n) is 6.30. The first kappa shape index (κ1) is 24.7. The maximum absolute atomic E-state index is 13.9. The molecule has 1 aromatic carbocycles. The largest absolute Gasteiger partial charge is 0.390 e. The molecule has 0 bridgehead atoms. The van der Waals surface area contributed by atoms with Crippen LogP contribution in [0.4, 0.5) is 18.9 Å². The third kappa shape index (κ3) is 4.99. The maximum atomic E-state index is 13.9. The molecule has 4 rings (SSSR count). The highest BCUT2D eigenvalue weighted by Crippen LogP contribution is 2.56. The van der Waals surface area contributed by atoms with Crippen LogP contribution in [-0.4, -0.2) is 27.8 Å². The molecule has 7 heteroatoms. The molecule has 0 saturated heterocycles. The predicted octanol–water partition coefficient (Wildman–Crippen LogP) is 6.50. The molecule has 1 saturated carbocycles. The molecule has 2 aliphatic carbocycles. The number of nitrogens with one attached hydrogen (secondary N) is 1. The van der Waals surface area contributed by atoms with Crippen LogP contribution < -0.4 is 5.32 Å². The number of rotatable bonds is 5. The molecule has 2 aromatic rings. The van der Waals surface area contributed by atoms with E-state index in [1.807, 2.05) is 6.92 Å². The van der Waals surface area contributed by atoms with E-state index in [-0.39, 0.29) is 11.8 Å². The summed E-state index contributed by atoms with van der Waals surface area (Å²) < 4.78 is 41.8. The Morgan fingerprint density at radius 3 is 2.76 bits per heavy atom. The number of hydrogen-bond donors (Lipinski definition) is 2. The summed E-state index contributed by atoms with van der Waals surface area (Å²) in [5, 5.41) is 14.0. The SMILES string of the molecule is CCC[C@]1(O)CC[C@]2(CC(F)(F)F)c3ccc(C(=O)Nc4cccnc4C)cc3CCC[C@@H]2C1. The van der Waals surface area contributed by atoms with Crippen LogP contribution in [0.3, 0.4) is 0 Å². The van der Waals surface area contributed by atoms with Crippen LogP contribution in [-0.2, 0) is 11.8 Å². The zero-order valence-corrected chi connectivity index (χ0v) is 19.8. The molecule has 2 aliphatic rings. The highest BCUT2D eigenvalue weighted by molar-refractivity contribution is 6.04. The topological polar surface area (TPSA) is 62.2 Å². The number of fused-ring (bicyclic) bond motifs is 3. The number of carbonyl (C=O) groups excluding carboxylic acids is 1. The first-order valence-electron chi connectivity index (χ1n) is 12.2. The summed E-state index contributed by atoms with van der Waals surface area (Å²) in [6, 6.07) is 8.67. The van der Waals surface area contributed by atoms with Crippen LogP contribution in [0.25, 0.3) is 0 Å². The smallest absolute Gasteiger partial charge is 0.389 e. The van der Waals surface area contributed by atoms with E-state index in [0.717, 1.165) is 18.4 Å². The second-order valence-corrected chi connectivity index (χ2v) is 10.2. The number of aromatic nitrogens is 1. The van der Waals surface area contributed by atoms with E-state index in [1.54, 1.807) is 43.5 Å². The van der Waals surface area contributed by atoms with Crippen molar-refractivity contribution in [1.82, 2.24) is 4.98 Å². The lowest BCUT2D eigenvalue weighted by atomic mass is 9.56. The Labute approximate surface area is 199 Å². The third-order valence-electron chi connectivity index (χ3n) is 7.83. The summed E-state index contributed by atoms with van der Waals surface area (Å²) >= 11 is 0. The first-order chi connectivity index (χ1) is 16.1. The molecular formula is C27H33F3N2O2. The summed E-state index contributed by atoms with van der Waals surface area (Å²) in [5.74, 6) is -0.538. The van der Waals surface area contributed by atoms with Crippen molar-refractivity contribution in [2.75, 3.05) is 5.32 Å². The zero-order valence-electron chi connectivity index (χ0n) is 19.8. The van der Waals surface area contributed by atoms with Gasteiger partial charge in [0.1, 0.15) is 0 Å². The Morgan fingerprint density at radius 1 is 1.26 bits per heavy atom. The number of anilines is 1. The molecule has 184 valence electrons. The monoisotopic (exact) mass is 474 g/mol. The maximum Gasteiger partial charge on any atom is 0.389 e. The Bertz CT molecular complexity index is 1050. The van der Waals surface area contributed by atoms with Crippen molar-refractivity contribution in [3.63, 3.8) is 0 Å². The van der Waals surface area contributed by atoms with Gasteiger partial charge in [0.05, 0.1) is 23.4 Å². The number of pyridine rings is 1. The number of benzene rings is 1. The minimum atomic E-state index is -4.31. The summed E-state index contributed by atoms with van der Waals surface area (Å²) in [4.78, 5) is 17.1. The molecule has 1 fully saturated rings. The molecule has 0 unspecified atom stereocenters. The van der Waals surface area contributed by atoms with Crippen molar-refractivity contribution in [3.05, 3.63) is 58.9 Å². The van der Waals surface area contributed by atoms with Crippen molar-refractivity contribution in [3.8, 4) is 0 Å². The fraction of sp³-hybridized carbons (Fsp3) is 0.556. The lowest BCUT2D eigenvalue weighted by molar-refractivity contribution is -0.166. The molecule has 1 aromatic heterocycles. The van der Waals surface area contributed by atoms with Crippen LogP contribution in [0.2, 0.25) is 0 Å². The molecule has 0 aliphatic heterocycles. The second kappa shape index (κ2) is 9.33. The molecule has 0 radical (unpaired) electrons. The molecular weight excluding hydrogens is 441 g/mol. The fourth-order valence-corrected chi connectivity index (χ4v) is 6.30. The number of aryl methyl sites for hydroxylation is 2. The summed E-state index contributed by atoms with van der Waals surface area (Å²) in [5.41, 5.74) is 1.32. The summed E-state index contributed by atoms with van der Waals surface area (Å²) in [6.45, 7) is 3.80.